The molecular formula is C12H17Cl3N4OS. The second-order valence-electron chi connectivity index (χ2n) is 3.97. The summed E-state index contributed by atoms with van der Waals surface area (Å²) >= 11 is 7.39. The van der Waals surface area contributed by atoms with Crippen LogP contribution >= 0.6 is 48.2 Å². The van der Waals surface area contributed by atoms with Gasteiger partial charge in [-0.25, -0.2) is 4.79 Å². The predicted octanol–water partition coefficient (Wildman–Crippen LogP) is 2.90. The van der Waals surface area contributed by atoms with Gasteiger partial charge in [-0.2, -0.15) is 0 Å². The maximum atomic E-state index is 12.1. The Morgan fingerprint density at radius 2 is 2.24 bits per heavy atom. The second kappa shape index (κ2) is 10.1. The molecule has 1 aromatic rings. The van der Waals surface area contributed by atoms with Gasteiger partial charge in [-0.05, 0) is 25.1 Å². The fourth-order valence-corrected chi connectivity index (χ4v) is 3.07. The van der Waals surface area contributed by atoms with E-state index in [1.54, 1.807) is 17.3 Å². The molecule has 0 aromatic carbocycles. The van der Waals surface area contributed by atoms with E-state index in [2.05, 4.69) is 10.3 Å². The first-order valence-corrected chi connectivity index (χ1v) is 7.16. The number of thioether (sulfide) groups is 1. The van der Waals surface area contributed by atoms with E-state index in [1.165, 1.54) is 11.8 Å². The zero-order chi connectivity index (χ0) is 13.7. The number of carbonyl (C=O) groups is 1. The number of halogens is 3. The van der Waals surface area contributed by atoms with E-state index >= 15 is 0 Å². The van der Waals surface area contributed by atoms with Crippen molar-refractivity contribution in [3.8, 4) is 0 Å². The lowest BCUT2D eigenvalue weighted by molar-refractivity contribution is 0.211. The number of carbonyl (C=O) groups excluding carboxylic acids is 1. The Bertz CT molecular complexity index is 475. The number of nitrogens with zero attached hydrogens (tertiary/aromatic N) is 2. The first-order chi connectivity index (χ1) is 9.20. The van der Waals surface area contributed by atoms with Crippen LogP contribution in [0.25, 0.3) is 0 Å². The van der Waals surface area contributed by atoms with Gasteiger partial charge in [-0.3, -0.25) is 9.88 Å². The first kappa shape index (κ1) is 20.3. The number of hydrogen-bond donors (Lipinski definition) is 2. The number of hydrogen-bond acceptors (Lipinski definition) is 4. The number of amides is 2. The molecule has 2 amide bonds. The van der Waals surface area contributed by atoms with Gasteiger partial charge in [0.25, 0.3) is 0 Å². The van der Waals surface area contributed by atoms with Crippen molar-refractivity contribution in [3.05, 3.63) is 40.7 Å². The number of aromatic nitrogens is 1. The van der Waals surface area contributed by atoms with Crippen LogP contribution in [-0.4, -0.2) is 27.8 Å². The summed E-state index contributed by atoms with van der Waals surface area (Å²) in [5.41, 5.74) is 6.35. The Morgan fingerprint density at radius 3 is 2.86 bits per heavy atom. The van der Waals surface area contributed by atoms with Gasteiger partial charge in [0.15, 0.2) is 0 Å². The average Bonchev–Trinajstić information content (AvgIpc) is 2.79. The standard InChI is InChI=1S/C12H15ClN4OS.2ClH/c13-10-8-17(11(19-10)4-5-14)12(18)16-7-9-3-1-2-6-15-9;;/h1-3,6,8,11H,4-5,7,14H2,(H,16,18);2*1H. The Labute approximate surface area is 145 Å². The summed E-state index contributed by atoms with van der Waals surface area (Å²) in [7, 11) is 0. The minimum Gasteiger partial charge on any atom is -0.332 e. The summed E-state index contributed by atoms with van der Waals surface area (Å²) in [6, 6.07) is 5.39. The highest BCUT2D eigenvalue weighted by Crippen LogP contribution is 2.36. The van der Waals surface area contributed by atoms with E-state index in [4.69, 9.17) is 17.3 Å². The number of pyridine rings is 1. The highest BCUT2D eigenvalue weighted by molar-refractivity contribution is 8.05. The molecule has 0 bridgehead atoms. The van der Waals surface area contributed by atoms with Gasteiger partial charge in [0, 0.05) is 12.4 Å². The fraction of sp³-hybridized carbons (Fsp3) is 0.333. The van der Waals surface area contributed by atoms with E-state index in [9.17, 15) is 4.79 Å². The van der Waals surface area contributed by atoms with Crippen LogP contribution in [0.15, 0.2) is 35.0 Å². The molecule has 0 saturated heterocycles. The molecule has 1 unspecified atom stereocenters. The lowest BCUT2D eigenvalue weighted by Gasteiger charge is -2.22. The van der Waals surface area contributed by atoms with Crippen molar-refractivity contribution in [3.63, 3.8) is 0 Å². The molecule has 21 heavy (non-hydrogen) atoms. The van der Waals surface area contributed by atoms with Crippen LogP contribution in [0.5, 0.6) is 0 Å². The Hall–Kier alpha value is -0.660. The van der Waals surface area contributed by atoms with Crippen LogP contribution in [0.4, 0.5) is 4.79 Å². The van der Waals surface area contributed by atoms with Crippen molar-refractivity contribution in [2.24, 2.45) is 5.73 Å². The predicted molar refractivity (Wildman–Crippen MR) is 91.8 cm³/mol. The molecule has 0 aliphatic carbocycles. The molecule has 1 aliphatic heterocycles. The third kappa shape index (κ3) is 5.92. The monoisotopic (exact) mass is 370 g/mol. The molecule has 0 fully saturated rings. The van der Waals surface area contributed by atoms with Crippen molar-refractivity contribution in [2.45, 2.75) is 18.3 Å². The van der Waals surface area contributed by atoms with Gasteiger partial charge in [-0.15, -0.1) is 24.8 Å². The lowest BCUT2D eigenvalue weighted by atomic mass is 10.3. The fourth-order valence-electron chi connectivity index (χ4n) is 1.70. The van der Waals surface area contributed by atoms with E-state index in [0.29, 0.717) is 23.9 Å². The summed E-state index contributed by atoms with van der Waals surface area (Å²) < 4.78 is 0.603. The smallest absolute Gasteiger partial charge is 0.322 e. The van der Waals surface area contributed by atoms with E-state index in [0.717, 1.165) is 5.69 Å². The van der Waals surface area contributed by atoms with E-state index in [-0.39, 0.29) is 36.2 Å². The first-order valence-electron chi connectivity index (χ1n) is 5.91. The minimum atomic E-state index is -0.188. The molecule has 3 N–H and O–H groups in total. The Balaban J connectivity index is 0.00000200. The van der Waals surface area contributed by atoms with Gasteiger partial charge in [-0.1, -0.05) is 29.4 Å². The molecule has 9 heteroatoms. The van der Waals surface area contributed by atoms with Crippen molar-refractivity contribution in [1.29, 1.82) is 0 Å². The van der Waals surface area contributed by atoms with Crippen molar-refractivity contribution >= 4 is 54.2 Å². The summed E-state index contributed by atoms with van der Waals surface area (Å²) in [4.78, 5) is 17.8. The van der Waals surface area contributed by atoms with Gasteiger partial charge >= 0.3 is 6.03 Å². The summed E-state index contributed by atoms with van der Waals surface area (Å²) in [6.45, 7) is 0.904. The molecule has 1 atom stereocenters. The zero-order valence-corrected chi connectivity index (χ0v) is 14.3. The number of urea groups is 1. The van der Waals surface area contributed by atoms with E-state index in [1.807, 2.05) is 18.2 Å². The molecule has 1 aliphatic rings. The van der Waals surface area contributed by atoms with E-state index < -0.39 is 0 Å². The summed E-state index contributed by atoms with van der Waals surface area (Å²) in [5, 5.41) is 2.79. The summed E-state index contributed by atoms with van der Waals surface area (Å²) in [6.07, 6.45) is 4.04. The minimum absolute atomic E-state index is 0. The van der Waals surface area contributed by atoms with Crippen molar-refractivity contribution < 1.29 is 4.79 Å². The Morgan fingerprint density at radius 1 is 1.48 bits per heavy atom. The van der Waals surface area contributed by atoms with Gasteiger partial charge in [0.2, 0.25) is 0 Å². The highest BCUT2D eigenvalue weighted by Gasteiger charge is 2.28. The normalized spacial score (nSPS) is 16.6. The molecule has 2 rings (SSSR count). The number of nitrogens with two attached hydrogens (primary N) is 1. The third-order valence-electron chi connectivity index (χ3n) is 2.59. The summed E-state index contributed by atoms with van der Waals surface area (Å²) in [5.74, 6) is 0. The SMILES string of the molecule is Cl.Cl.NCCC1SC(Cl)=CN1C(=O)NCc1ccccn1. The van der Waals surface area contributed by atoms with Crippen LogP contribution in [0.1, 0.15) is 12.1 Å². The number of nitrogens with one attached hydrogen (secondary N) is 1. The van der Waals surface area contributed by atoms with Gasteiger partial charge < -0.3 is 11.1 Å². The molecule has 5 nitrogen and oxygen atoms in total. The zero-order valence-electron chi connectivity index (χ0n) is 11.1. The molecule has 0 radical (unpaired) electrons. The quantitative estimate of drug-likeness (QED) is 0.853. The van der Waals surface area contributed by atoms with Gasteiger partial charge in [0.05, 0.1) is 22.0 Å². The largest absolute Gasteiger partial charge is 0.332 e. The maximum Gasteiger partial charge on any atom is 0.322 e. The molecule has 2 heterocycles. The average molecular weight is 372 g/mol. The Kier molecular flexibility index (Phi) is 9.81. The van der Waals surface area contributed by atoms with Crippen LogP contribution in [0.3, 0.4) is 0 Å². The molecule has 1 aromatic heterocycles. The van der Waals surface area contributed by atoms with Gasteiger partial charge in [0.1, 0.15) is 0 Å². The third-order valence-corrected chi connectivity index (χ3v) is 4.02. The highest BCUT2D eigenvalue weighted by atomic mass is 35.5. The molecule has 0 saturated carbocycles. The lowest BCUT2D eigenvalue weighted by Crippen LogP contribution is -2.40. The molecule has 118 valence electrons. The van der Waals surface area contributed by atoms with Crippen molar-refractivity contribution in [2.75, 3.05) is 6.54 Å². The van der Waals surface area contributed by atoms with Crippen LogP contribution in [0.2, 0.25) is 0 Å². The van der Waals surface area contributed by atoms with Crippen LogP contribution in [-0.2, 0) is 6.54 Å². The second-order valence-corrected chi connectivity index (χ2v) is 5.82. The van der Waals surface area contributed by atoms with Crippen LogP contribution in [0, 0.1) is 0 Å². The van der Waals surface area contributed by atoms with Crippen LogP contribution < -0.4 is 11.1 Å². The number of rotatable bonds is 4. The topological polar surface area (TPSA) is 71.2 Å². The maximum absolute atomic E-state index is 12.1. The molecule has 0 spiro atoms. The molecular weight excluding hydrogens is 355 g/mol. The van der Waals surface area contributed by atoms with Crippen molar-refractivity contribution in [1.82, 2.24) is 15.2 Å².